The molecule has 2 atom stereocenters. The summed E-state index contributed by atoms with van der Waals surface area (Å²) in [6.07, 6.45) is 2.38. The van der Waals surface area contributed by atoms with Gasteiger partial charge in [0.2, 0.25) is 5.88 Å². The second-order valence-electron chi connectivity index (χ2n) is 7.02. The summed E-state index contributed by atoms with van der Waals surface area (Å²) in [5, 5.41) is 3.26. The van der Waals surface area contributed by atoms with Gasteiger partial charge in [0.15, 0.2) is 0 Å². The predicted octanol–water partition coefficient (Wildman–Crippen LogP) is 3.46. The molecule has 1 aromatic carbocycles. The molecule has 3 aliphatic rings. The van der Waals surface area contributed by atoms with Gasteiger partial charge < -0.3 is 10.1 Å². The van der Waals surface area contributed by atoms with Crippen LogP contribution < -0.4 is 10.1 Å². The van der Waals surface area contributed by atoms with Crippen molar-refractivity contribution < 1.29 is 9.53 Å². The van der Waals surface area contributed by atoms with E-state index in [9.17, 15) is 4.79 Å². The van der Waals surface area contributed by atoms with Gasteiger partial charge in [0.05, 0.1) is 0 Å². The van der Waals surface area contributed by atoms with Gasteiger partial charge in [-0.25, -0.2) is 0 Å². The van der Waals surface area contributed by atoms with Crippen LogP contribution in [0.4, 0.5) is 0 Å². The summed E-state index contributed by atoms with van der Waals surface area (Å²) in [5.74, 6) is 1.90. The van der Waals surface area contributed by atoms with Crippen molar-refractivity contribution in [2.24, 2.45) is 5.92 Å². The minimum absolute atomic E-state index is 0.00153. The topological polar surface area (TPSA) is 54.5 Å². The summed E-state index contributed by atoms with van der Waals surface area (Å²) in [7, 11) is 0. The molecule has 1 amide bonds. The van der Waals surface area contributed by atoms with Crippen molar-refractivity contribution in [3.63, 3.8) is 0 Å². The Hall–Kier alpha value is -1.92. The third-order valence-electron chi connectivity index (χ3n) is 5.42. The van der Waals surface area contributed by atoms with Crippen LogP contribution >= 0.6 is 11.5 Å². The fraction of sp³-hybridized carbons (Fsp3) is 0.474. The molecule has 0 radical (unpaired) electrons. The van der Waals surface area contributed by atoms with Crippen molar-refractivity contribution in [3.05, 3.63) is 40.8 Å². The summed E-state index contributed by atoms with van der Waals surface area (Å²) in [5.41, 5.74) is 0.672. The van der Waals surface area contributed by atoms with Crippen LogP contribution in [-0.4, -0.2) is 40.4 Å². The highest BCUT2D eigenvalue weighted by molar-refractivity contribution is 7.05. The number of ether oxygens (including phenoxy) is 1. The molecule has 3 aliphatic heterocycles. The molecule has 1 aromatic heterocycles. The Morgan fingerprint density at radius 3 is 2.60 bits per heavy atom. The Balaban J connectivity index is 1.40. The Bertz CT molecular complexity index is 748. The molecule has 2 unspecified atom stereocenters. The monoisotopic (exact) mass is 357 g/mol. The molecule has 132 valence electrons. The minimum Gasteiger partial charge on any atom is -0.438 e. The summed E-state index contributed by atoms with van der Waals surface area (Å²) >= 11 is 1.41. The zero-order valence-electron chi connectivity index (χ0n) is 14.6. The van der Waals surface area contributed by atoms with Gasteiger partial charge in [-0.2, -0.15) is 4.37 Å². The molecule has 4 heterocycles. The fourth-order valence-electron chi connectivity index (χ4n) is 3.97. The Morgan fingerprint density at radius 1 is 1.28 bits per heavy atom. The fourth-order valence-corrected chi connectivity index (χ4v) is 4.44. The molecule has 2 aromatic rings. The molecule has 25 heavy (non-hydrogen) atoms. The molecule has 2 bridgehead atoms. The first-order chi connectivity index (χ1) is 12.1. The first kappa shape index (κ1) is 16.5. The highest BCUT2D eigenvalue weighted by Crippen LogP contribution is 2.32. The number of fused-ring (bicyclic) bond motifs is 3. The lowest BCUT2D eigenvalue weighted by Gasteiger charge is -2.49. The Kier molecular flexibility index (Phi) is 4.48. The molecule has 0 saturated carbocycles. The Labute approximate surface area is 152 Å². The van der Waals surface area contributed by atoms with E-state index in [0.29, 0.717) is 29.2 Å². The van der Waals surface area contributed by atoms with Gasteiger partial charge in [-0.15, -0.1) is 0 Å². The summed E-state index contributed by atoms with van der Waals surface area (Å²) in [6.45, 7) is 6.55. The molecule has 5 rings (SSSR count). The van der Waals surface area contributed by atoms with E-state index in [0.717, 1.165) is 4.88 Å². The number of carbonyl (C=O) groups excluding carboxylic acids is 1. The van der Waals surface area contributed by atoms with E-state index in [1.54, 1.807) is 0 Å². The van der Waals surface area contributed by atoms with Gasteiger partial charge in [0.1, 0.15) is 5.75 Å². The second-order valence-corrected chi connectivity index (χ2v) is 8.02. The van der Waals surface area contributed by atoms with Gasteiger partial charge in [0.25, 0.3) is 5.91 Å². The maximum Gasteiger partial charge on any atom is 0.251 e. The maximum absolute atomic E-state index is 12.6. The van der Waals surface area contributed by atoms with E-state index < -0.39 is 0 Å². The molecule has 0 spiro atoms. The SMILES string of the molecule is Cc1cc(Oc2ccc(C(=O)NC3C4CCN(CC4)C3C)cc2)ns1. The molecule has 6 heteroatoms. The average Bonchev–Trinajstić information content (AvgIpc) is 3.04. The number of nitrogens with zero attached hydrogens (tertiary/aromatic N) is 2. The van der Waals surface area contributed by atoms with Crippen molar-refractivity contribution in [1.29, 1.82) is 0 Å². The normalized spacial score (nSPS) is 27.9. The van der Waals surface area contributed by atoms with E-state index in [1.807, 2.05) is 37.3 Å². The molecule has 1 N–H and O–H groups in total. The molecule has 5 nitrogen and oxygen atoms in total. The van der Waals surface area contributed by atoms with Crippen LogP contribution in [-0.2, 0) is 0 Å². The number of carbonyl (C=O) groups is 1. The van der Waals surface area contributed by atoms with Crippen LogP contribution in [0.3, 0.4) is 0 Å². The van der Waals surface area contributed by atoms with Crippen LogP contribution in [0, 0.1) is 12.8 Å². The lowest BCUT2D eigenvalue weighted by Crippen LogP contribution is -2.62. The van der Waals surface area contributed by atoms with Gasteiger partial charge in [-0.1, -0.05) is 0 Å². The molecule has 0 aliphatic carbocycles. The number of rotatable bonds is 4. The number of piperidine rings is 3. The standard InChI is InChI=1S/C19H23N3O2S/c1-12-11-17(21-25-12)24-16-5-3-15(4-6-16)19(23)20-18-13(2)22-9-7-14(18)8-10-22/h3-6,11,13-14,18H,7-10H2,1-2H3,(H,20,23). The number of hydrogen-bond acceptors (Lipinski definition) is 5. The Morgan fingerprint density at radius 2 is 2.00 bits per heavy atom. The van der Waals surface area contributed by atoms with Crippen molar-refractivity contribution >= 4 is 17.4 Å². The van der Waals surface area contributed by atoms with Gasteiger partial charge in [-0.3, -0.25) is 9.69 Å². The number of aromatic nitrogens is 1. The van der Waals surface area contributed by atoms with Crippen LogP contribution in [0.25, 0.3) is 0 Å². The minimum atomic E-state index is 0.00153. The number of hydrogen-bond donors (Lipinski definition) is 1. The second kappa shape index (κ2) is 6.77. The smallest absolute Gasteiger partial charge is 0.251 e. The van der Waals surface area contributed by atoms with Crippen LogP contribution in [0.15, 0.2) is 30.3 Å². The van der Waals surface area contributed by atoms with E-state index >= 15 is 0 Å². The number of benzene rings is 1. The number of aryl methyl sites for hydroxylation is 1. The van der Waals surface area contributed by atoms with Crippen molar-refractivity contribution in [2.75, 3.05) is 13.1 Å². The molecular formula is C19H23N3O2S. The van der Waals surface area contributed by atoms with Gasteiger partial charge in [0, 0.05) is 28.6 Å². The lowest BCUT2D eigenvalue weighted by atomic mass is 9.79. The zero-order valence-corrected chi connectivity index (χ0v) is 15.4. The number of amides is 1. The first-order valence-corrected chi connectivity index (χ1v) is 9.63. The average molecular weight is 357 g/mol. The molecular weight excluding hydrogens is 334 g/mol. The van der Waals surface area contributed by atoms with Crippen molar-refractivity contribution in [3.8, 4) is 11.6 Å². The predicted molar refractivity (Wildman–Crippen MR) is 98.4 cm³/mol. The largest absolute Gasteiger partial charge is 0.438 e. The summed E-state index contributed by atoms with van der Waals surface area (Å²) in [6, 6.07) is 9.86. The highest BCUT2D eigenvalue weighted by Gasteiger charge is 2.40. The van der Waals surface area contributed by atoms with E-state index in [1.165, 1.54) is 37.5 Å². The van der Waals surface area contributed by atoms with Gasteiger partial charge in [-0.05, 0) is 81.5 Å². The lowest BCUT2D eigenvalue weighted by molar-refractivity contribution is 0.0217. The summed E-state index contributed by atoms with van der Waals surface area (Å²) < 4.78 is 9.91. The third kappa shape index (κ3) is 3.41. The molecule has 3 fully saturated rings. The summed E-state index contributed by atoms with van der Waals surface area (Å²) in [4.78, 5) is 16.2. The first-order valence-electron chi connectivity index (χ1n) is 8.86. The number of nitrogens with one attached hydrogen (secondary N) is 1. The third-order valence-corrected chi connectivity index (χ3v) is 6.10. The van der Waals surface area contributed by atoms with Crippen molar-refractivity contribution in [1.82, 2.24) is 14.6 Å². The van der Waals surface area contributed by atoms with E-state index in [4.69, 9.17) is 4.74 Å². The van der Waals surface area contributed by atoms with Crippen molar-refractivity contribution in [2.45, 2.75) is 38.8 Å². The molecule has 3 saturated heterocycles. The van der Waals surface area contributed by atoms with Crippen LogP contribution in [0.1, 0.15) is 35.0 Å². The van der Waals surface area contributed by atoms with Crippen LogP contribution in [0.2, 0.25) is 0 Å². The van der Waals surface area contributed by atoms with Gasteiger partial charge >= 0.3 is 0 Å². The van der Waals surface area contributed by atoms with Crippen LogP contribution in [0.5, 0.6) is 11.6 Å². The quantitative estimate of drug-likeness (QED) is 0.910. The maximum atomic E-state index is 12.6. The van der Waals surface area contributed by atoms with E-state index in [-0.39, 0.29) is 11.9 Å². The zero-order chi connectivity index (χ0) is 17.4. The van der Waals surface area contributed by atoms with E-state index in [2.05, 4.69) is 21.5 Å². The highest BCUT2D eigenvalue weighted by atomic mass is 32.1.